The number of anilines is 1. The molecule has 122 valence electrons. The Hall–Kier alpha value is -3.02. The Morgan fingerprint density at radius 1 is 1.00 bits per heavy atom. The first kappa shape index (κ1) is 14.6. The molecule has 4 rings (SSSR count). The van der Waals surface area contributed by atoms with Crippen LogP contribution in [0.5, 0.6) is 5.75 Å². The number of piperazine rings is 1. The second-order valence-electron chi connectivity index (χ2n) is 5.87. The molecule has 1 amide bonds. The second kappa shape index (κ2) is 5.88. The van der Waals surface area contributed by atoms with Gasteiger partial charge in [-0.15, -0.1) is 0 Å². The Balaban J connectivity index is 1.48. The number of carbonyl (C=O) groups excluding carboxylic acids is 1. The normalized spacial score (nSPS) is 15.0. The lowest BCUT2D eigenvalue weighted by molar-refractivity contribution is 0.0741. The van der Waals surface area contributed by atoms with Gasteiger partial charge in [-0.1, -0.05) is 18.2 Å². The number of carbonyl (C=O) groups is 1. The van der Waals surface area contributed by atoms with Gasteiger partial charge >= 0.3 is 0 Å². The summed E-state index contributed by atoms with van der Waals surface area (Å²) in [5, 5.41) is 9.82. The fourth-order valence-corrected chi connectivity index (χ4v) is 3.07. The summed E-state index contributed by atoms with van der Waals surface area (Å²) in [6, 6.07) is 13.5. The van der Waals surface area contributed by atoms with E-state index < -0.39 is 0 Å². The van der Waals surface area contributed by atoms with Crippen molar-refractivity contribution in [3.05, 3.63) is 60.6 Å². The molecule has 3 heterocycles. The minimum atomic E-state index is -0.0918. The van der Waals surface area contributed by atoms with E-state index in [0.717, 1.165) is 13.1 Å². The van der Waals surface area contributed by atoms with Crippen molar-refractivity contribution in [3.63, 3.8) is 0 Å². The zero-order valence-electron chi connectivity index (χ0n) is 13.2. The van der Waals surface area contributed by atoms with Crippen LogP contribution in [0.4, 0.5) is 5.69 Å². The first-order chi connectivity index (χ1) is 11.7. The number of amides is 1. The average Bonchev–Trinajstić information content (AvgIpc) is 3.08. The van der Waals surface area contributed by atoms with Crippen LogP contribution in [0.25, 0.3) is 5.65 Å². The number of nitrogens with zero attached hydrogens (tertiary/aromatic N) is 4. The number of aromatic hydroxyl groups is 1. The molecule has 0 atom stereocenters. The van der Waals surface area contributed by atoms with Gasteiger partial charge in [0, 0.05) is 44.3 Å². The Bertz CT molecular complexity index is 867. The smallest absolute Gasteiger partial charge is 0.274 e. The molecule has 6 heteroatoms. The van der Waals surface area contributed by atoms with E-state index in [0.29, 0.717) is 24.4 Å². The van der Waals surface area contributed by atoms with E-state index >= 15 is 0 Å². The van der Waals surface area contributed by atoms with Crippen LogP contribution in [0.1, 0.15) is 10.5 Å². The lowest BCUT2D eigenvalue weighted by atomic mass is 10.2. The van der Waals surface area contributed by atoms with Gasteiger partial charge in [0.2, 0.25) is 0 Å². The average molecular weight is 322 g/mol. The van der Waals surface area contributed by atoms with Gasteiger partial charge in [-0.05, 0) is 24.3 Å². The van der Waals surface area contributed by atoms with E-state index in [4.69, 9.17) is 0 Å². The second-order valence-corrected chi connectivity index (χ2v) is 5.87. The van der Waals surface area contributed by atoms with Gasteiger partial charge in [-0.2, -0.15) is 0 Å². The van der Waals surface area contributed by atoms with Crippen molar-refractivity contribution in [2.45, 2.75) is 0 Å². The molecule has 6 nitrogen and oxygen atoms in total. The molecule has 1 N–H and O–H groups in total. The van der Waals surface area contributed by atoms with E-state index in [2.05, 4.69) is 22.0 Å². The fourth-order valence-electron chi connectivity index (χ4n) is 3.07. The maximum absolute atomic E-state index is 12.7. The summed E-state index contributed by atoms with van der Waals surface area (Å²) in [5.74, 6) is -0.0174. The number of aromatic nitrogens is 2. The summed E-state index contributed by atoms with van der Waals surface area (Å²) < 4.78 is 1.67. The van der Waals surface area contributed by atoms with Crippen LogP contribution in [0.15, 0.2) is 54.9 Å². The first-order valence-corrected chi connectivity index (χ1v) is 7.98. The highest BCUT2D eigenvalue weighted by molar-refractivity contribution is 5.93. The predicted octanol–water partition coefficient (Wildman–Crippen LogP) is 2.00. The number of fused-ring (bicyclic) bond motifs is 1. The summed E-state index contributed by atoms with van der Waals surface area (Å²) in [4.78, 5) is 21.0. The largest absolute Gasteiger partial charge is 0.504 e. The monoisotopic (exact) mass is 322 g/mol. The highest BCUT2D eigenvalue weighted by Crippen LogP contribution is 2.19. The van der Waals surface area contributed by atoms with Crippen LogP contribution >= 0.6 is 0 Å². The third kappa shape index (κ3) is 2.56. The zero-order valence-corrected chi connectivity index (χ0v) is 13.2. The molecule has 1 aliphatic heterocycles. The molecular formula is C18H18N4O2. The molecule has 1 saturated heterocycles. The van der Waals surface area contributed by atoms with E-state index in [1.54, 1.807) is 28.9 Å². The van der Waals surface area contributed by atoms with Gasteiger partial charge in [-0.3, -0.25) is 4.79 Å². The van der Waals surface area contributed by atoms with Gasteiger partial charge in [0.15, 0.2) is 11.4 Å². The standard InChI is InChI=1S/C18H18N4O2/c23-16-7-4-8-22-13-15(19-17(16)22)18(24)21-11-9-20(10-12-21)14-5-2-1-3-6-14/h1-8,13,23H,9-12H2. The molecule has 0 bridgehead atoms. The molecular weight excluding hydrogens is 304 g/mol. The van der Waals surface area contributed by atoms with Gasteiger partial charge in [0.1, 0.15) is 5.69 Å². The zero-order chi connectivity index (χ0) is 16.5. The lowest BCUT2D eigenvalue weighted by Crippen LogP contribution is -2.48. The Morgan fingerprint density at radius 2 is 1.75 bits per heavy atom. The maximum Gasteiger partial charge on any atom is 0.274 e. The minimum absolute atomic E-state index is 0.0745. The van der Waals surface area contributed by atoms with E-state index in [9.17, 15) is 9.90 Å². The third-order valence-corrected chi connectivity index (χ3v) is 4.37. The quantitative estimate of drug-likeness (QED) is 0.784. The molecule has 1 aliphatic rings. The van der Waals surface area contributed by atoms with Crippen molar-refractivity contribution in [3.8, 4) is 5.75 Å². The highest BCUT2D eigenvalue weighted by Gasteiger charge is 2.24. The summed E-state index contributed by atoms with van der Waals surface area (Å²) >= 11 is 0. The molecule has 1 fully saturated rings. The topological polar surface area (TPSA) is 61.1 Å². The van der Waals surface area contributed by atoms with Crippen molar-refractivity contribution in [2.24, 2.45) is 0 Å². The van der Waals surface area contributed by atoms with E-state index in [1.165, 1.54) is 5.69 Å². The van der Waals surface area contributed by atoms with Crippen LogP contribution < -0.4 is 4.90 Å². The summed E-state index contributed by atoms with van der Waals surface area (Å²) in [6.07, 6.45) is 3.44. The van der Waals surface area contributed by atoms with Gasteiger partial charge < -0.3 is 19.3 Å². The van der Waals surface area contributed by atoms with Crippen molar-refractivity contribution >= 4 is 17.2 Å². The summed E-state index contributed by atoms with van der Waals surface area (Å²) in [5.41, 5.74) is 1.95. The van der Waals surface area contributed by atoms with Gasteiger partial charge in [0.25, 0.3) is 5.91 Å². The molecule has 1 aromatic carbocycles. The van der Waals surface area contributed by atoms with Crippen LogP contribution in [0.2, 0.25) is 0 Å². The number of pyridine rings is 1. The number of imidazole rings is 1. The third-order valence-electron chi connectivity index (χ3n) is 4.37. The van der Waals surface area contributed by atoms with Crippen LogP contribution in [0.3, 0.4) is 0 Å². The Labute approximate surface area is 139 Å². The SMILES string of the molecule is O=C(c1cn2cccc(O)c2n1)N1CCN(c2ccccc2)CC1. The maximum atomic E-state index is 12.7. The first-order valence-electron chi connectivity index (χ1n) is 7.98. The molecule has 0 aliphatic carbocycles. The number of benzene rings is 1. The highest BCUT2D eigenvalue weighted by atomic mass is 16.3. The number of rotatable bonds is 2. The number of hydrogen-bond donors (Lipinski definition) is 1. The molecule has 0 saturated carbocycles. The van der Waals surface area contributed by atoms with Gasteiger partial charge in [-0.25, -0.2) is 4.98 Å². The van der Waals surface area contributed by atoms with Gasteiger partial charge in [0.05, 0.1) is 0 Å². The summed E-state index contributed by atoms with van der Waals surface area (Å²) in [7, 11) is 0. The van der Waals surface area contributed by atoms with Crippen LogP contribution in [0, 0.1) is 0 Å². The molecule has 2 aromatic heterocycles. The van der Waals surface area contributed by atoms with Crippen LogP contribution in [-0.2, 0) is 0 Å². The molecule has 3 aromatic rings. The number of hydrogen-bond acceptors (Lipinski definition) is 4. The summed E-state index contributed by atoms with van der Waals surface area (Å²) in [6.45, 7) is 2.92. The fraction of sp³-hybridized carbons (Fsp3) is 0.222. The molecule has 24 heavy (non-hydrogen) atoms. The van der Waals surface area contributed by atoms with Crippen molar-refractivity contribution in [2.75, 3.05) is 31.1 Å². The number of para-hydroxylation sites is 1. The van der Waals surface area contributed by atoms with Crippen molar-refractivity contribution < 1.29 is 9.90 Å². The van der Waals surface area contributed by atoms with Crippen LogP contribution in [-0.4, -0.2) is 51.5 Å². The molecule has 0 spiro atoms. The molecule has 0 unspecified atom stereocenters. The predicted molar refractivity (Wildman–Crippen MR) is 91.4 cm³/mol. The van der Waals surface area contributed by atoms with Crippen molar-refractivity contribution in [1.82, 2.24) is 14.3 Å². The Morgan fingerprint density at radius 3 is 2.46 bits per heavy atom. The minimum Gasteiger partial charge on any atom is -0.504 e. The molecule has 0 radical (unpaired) electrons. The van der Waals surface area contributed by atoms with E-state index in [-0.39, 0.29) is 11.7 Å². The van der Waals surface area contributed by atoms with Crippen molar-refractivity contribution in [1.29, 1.82) is 0 Å². The van der Waals surface area contributed by atoms with E-state index in [1.807, 2.05) is 23.1 Å². The Kier molecular flexibility index (Phi) is 3.57. The lowest BCUT2D eigenvalue weighted by Gasteiger charge is -2.35.